The van der Waals surface area contributed by atoms with Crippen molar-refractivity contribution in [2.75, 3.05) is 19.6 Å². The van der Waals surface area contributed by atoms with Crippen LogP contribution in [0.2, 0.25) is 0 Å². The Kier molecular flexibility index (Phi) is 4.25. The minimum atomic E-state index is -0.508. The van der Waals surface area contributed by atoms with Crippen LogP contribution in [0.25, 0.3) is 0 Å². The fourth-order valence-electron chi connectivity index (χ4n) is 1.89. The van der Waals surface area contributed by atoms with Crippen LogP contribution >= 0.6 is 0 Å². The smallest absolute Gasteiger partial charge is 0.270 e. The third-order valence-corrected chi connectivity index (χ3v) is 2.95. The average molecular weight is 261 g/mol. The van der Waals surface area contributed by atoms with Crippen molar-refractivity contribution in [3.8, 4) is 0 Å². The molecule has 19 heavy (non-hydrogen) atoms. The van der Waals surface area contributed by atoms with Crippen LogP contribution in [-0.2, 0) is 0 Å². The summed E-state index contributed by atoms with van der Waals surface area (Å²) in [7, 11) is 0. The first-order chi connectivity index (χ1) is 9.16. The number of non-ortho nitro benzene ring substituents is 1. The van der Waals surface area contributed by atoms with Gasteiger partial charge in [-0.25, -0.2) is 0 Å². The number of hydrogen-bond acceptors (Lipinski definition) is 4. The lowest BCUT2D eigenvalue weighted by atomic mass is 10.1. The second kappa shape index (κ2) is 6.10. The lowest BCUT2D eigenvalue weighted by Gasteiger charge is -2.14. The zero-order chi connectivity index (χ0) is 13.7. The zero-order valence-electron chi connectivity index (χ0n) is 10.4. The number of nitrogens with one attached hydrogen (secondary N) is 2. The number of rotatable bonds is 4. The van der Waals surface area contributed by atoms with Crippen molar-refractivity contribution in [1.29, 1.82) is 0 Å². The molecule has 0 radical (unpaired) electrons. The van der Waals surface area contributed by atoms with Crippen LogP contribution in [0.15, 0.2) is 35.9 Å². The Balaban J connectivity index is 1.97. The van der Waals surface area contributed by atoms with E-state index in [-0.39, 0.29) is 11.6 Å². The van der Waals surface area contributed by atoms with E-state index in [0.29, 0.717) is 12.1 Å². The molecule has 6 heteroatoms. The summed E-state index contributed by atoms with van der Waals surface area (Å²) in [5, 5.41) is 16.6. The van der Waals surface area contributed by atoms with Crippen molar-refractivity contribution in [1.82, 2.24) is 10.6 Å². The molecule has 0 saturated carbocycles. The van der Waals surface area contributed by atoms with Crippen LogP contribution in [0.4, 0.5) is 5.69 Å². The maximum atomic E-state index is 11.9. The van der Waals surface area contributed by atoms with Crippen molar-refractivity contribution in [2.24, 2.45) is 0 Å². The number of nitro groups is 1. The summed E-state index contributed by atoms with van der Waals surface area (Å²) in [4.78, 5) is 22.0. The van der Waals surface area contributed by atoms with E-state index in [4.69, 9.17) is 0 Å². The summed E-state index contributed by atoms with van der Waals surface area (Å²) in [5.41, 5.74) is 1.41. The van der Waals surface area contributed by atoms with Gasteiger partial charge in [0.2, 0.25) is 0 Å². The molecule has 0 aromatic heterocycles. The molecule has 2 rings (SSSR count). The normalized spacial score (nSPS) is 14.6. The van der Waals surface area contributed by atoms with Gasteiger partial charge < -0.3 is 10.6 Å². The summed E-state index contributed by atoms with van der Waals surface area (Å²) >= 11 is 0. The third-order valence-electron chi connectivity index (χ3n) is 2.95. The highest BCUT2D eigenvalue weighted by atomic mass is 16.6. The van der Waals surface area contributed by atoms with Crippen molar-refractivity contribution < 1.29 is 9.72 Å². The van der Waals surface area contributed by atoms with Gasteiger partial charge in [-0.15, -0.1) is 0 Å². The largest absolute Gasteiger partial charge is 0.348 e. The first kappa shape index (κ1) is 13.2. The molecule has 6 nitrogen and oxygen atoms in total. The maximum absolute atomic E-state index is 11.9. The Labute approximate surface area is 110 Å². The van der Waals surface area contributed by atoms with Gasteiger partial charge in [0.05, 0.1) is 4.92 Å². The molecule has 1 aliphatic rings. The van der Waals surface area contributed by atoms with E-state index in [1.54, 1.807) is 6.07 Å². The van der Waals surface area contributed by atoms with Crippen LogP contribution in [0.5, 0.6) is 0 Å². The highest BCUT2D eigenvalue weighted by Crippen LogP contribution is 2.13. The van der Waals surface area contributed by atoms with E-state index in [1.165, 1.54) is 23.8 Å². The minimum absolute atomic E-state index is 0.0752. The first-order valence-corrected chi connectivity index (χ1v) is 6.08. The SMILES string of the molecule is O=C(NCC1=CCNCC1)c1cccc([N+](=O)[O-])c1. The van der Waals surface area contributed by atoms with Crippen molar-refractivity contribution >= 4 is 11.6 Å². The number of amides is 1. The molecule has 100 valence electrons. The number of benzene rings is 1. The van der Waals surface area contributed by atoms with Crippen LogP contribution in [0, 0.1) is 10.1 Å². The van der Waals surface area contributed by atoms with Gasteiger partial charge in [-0.05, 0) is 19.0 Å². The first-order valence-electron chi connectivity index (χ1n) is 6.08. The zero-order valence-corrected chi connectivity index (χ0v) is 10.4. The molecule has 0 saturated heterocycles. The van der Waals surface area contributed by atoms with Gasteiger partial charge in [0.15, 0.2) is 0 Å². The third kappa shape index (κ3) is 3.62. The van der Waals surface area contributed by atoms with Crippen LogP contribution < -0.4 is 10.6 Å². The van der Waals surface area contributed by atoms with Gasteiger partial charge >= 0.3 is 0 Å². The summed E-state index contributed by atoms with van der Waals surface area (Å²) in [6, 6.07) is 5.73. The Hall–Kier alpha value is -2.21. The van der Waals surface area contributed by atoms with Crippen molar-refractivity contribution in [3.05, 3.63) is 51.6 Å². The molecule has 0 aliphatic carbocycles. The fraction of sp³-hybridized carbons (Fsp3) is 0.308. The Morgan fingerprint density at radius 1 is 1.47 bits per heavy atom. The summed E-state index contributed by atoms with van der Waals surface area (Å²) in [6.45, 7) is 2.23. The second-order valence-electron chi connectivity index (χ2n) is 4.31. The Morgan fingerprint density at radius 2 is 2.32 bits per heavy atom. The van der Waals surface area contributed by atoms with Crippen molar-refractivity contribution in [3.63, 3.8) is 0 Å². The van der Waals surface area contributed by atoms with Crippen LogP contribution in [0.1, 0.15) is 16.8 Å². The summed E-state index contributed by atoms with van der Waals surface area (Å²) in [6.07, 6.45) is 2.96. The van der Waals surface area contributed by atoms with Gasteiger partial charge in [-0.2, -0.15) is 0 Å². The monoisotopic (exact) mass is 261 g/mol. The number of hydrogen-bond donors (Lipinski definition) is 2. The standard InChI is InChI=1S/C13H15N3O3/c17-13(15-9-10-4-6-14-7-5-10)11-2-1-3-12(8-11)16(18)19/h1-4,8,14H,5-7,9H2,(H,15,17). The molecular weight excluding hydrogens is 246 g/mol. The molecule has 1 aromatic carbocycles. The van der Waals surface area contributed by atoms with Gasteiger partial charge in [-0.1, -0.05) is 17.7 Å². The number of carbonyl (C=O) groups excluding carboxylic acids is 1. The Morgan fingerprint density at radius 3 is 3.00 bits per heavy atom. The summed E-state index contributed by atoms with van der Waals surface area (Å²) < 4.78 is 0. The molecule has 2 N–H and O–H groups in total. The predicted octanol–water partition coefficient (Wildman–Crippen LogP) is 1.24. The molecular formula is C13H15N3O3. The summed E-state index contributed by atoms with van der Waals surface area (Å²) in [5.74, 6) is -0.289. The highest BCUT2D eigenvalue weighted by molar-refractivity contribution is 5.94. The van der Waals surface area contributed by atoms with E-state index >= 15 is 0 Å². The van der Waals surface area contributed by atoms with E-state index in [0.717, 1.165) is 19.5 Å². The second-order valence-corrected chi connectivity index (χ2v) is 4.31. The van der Waals surface area contributed by atoms with Gasteiger partial charge in [0, 0.05) is 30.8 Å². The highest BCUT2D eigenvalue weighted by Gasteiger charge is 2.12. The molecule has 0 spiro atoms. The van der Waals surface area contributed by atoms with E-state index in [2.05, 4.69) is 16.7 Å². The number of carbonyl (C=O) groups is 1. The molecule has 0 bridgehead atoms. The molecule has 0 fully saturated rings. The molecule has 1 aromatic rings. The minimum Gasteiger partial charge on any atom is -0.348 e. The van der Waals surface area contributed by atoms with Gasteiger partial charge in [-0.3, -0.25) is 14.9 Å². The molecule has 0 atom stereocenters. The predicted molar refractivity (Wildman–Crippen MR) is 71.0 cm³/mol. The van der Waals surface area contributed by atoms with Crippen molar-refractivity contribution in [2.45, 2.75) is 6.42 Å². The van der Waals surface area contributed by atoms with Crippen LogP contribution in [0.3, 0.4) is 0 Å². The van der Waals surface area contributed by atoms with Crippen LogP contribution in [-0.4, -0.2) is 30.5 Å². The van der Waals surface area contributed by atoms with E-state index in [1.807, 2.05) is 0 Å². The lowest BCUT2D eigenvalue weighted by molar-refractivity contribution is -0.384. The average Bonchev–Trinajstić information content (AvgIpc) is 2.46. The van der Waals surface area contributed by atoms with Gasteiger partial charge in [0.25, 0.3) is 11.6 Å². The fourth-order valence-corrected chi connectivity index (χ4v) is 1.89. The number of nitro benzene ring substituents is 1. The Bertz CT molecular complexity index is 526. The number of nitrogens with zero attached hydrogens (tertiary/aromatic N) is 1. The topological polar surface area (TPSA) is 84.3 Å². The molecule has 1 aliphatic heterocycles. The maximum Gasteiger partial charge on any atom is 0.270 e. The molecule has 1 amide bonds. The van der Waals surface area contributed by atoms with Gasteiger partial charge in [0.1, 0.15) is 0 Å². The van der Waals surface area contributed by atoms with E-state index in [9.17, 15) is 14.9 Å². The van der Waals surface area contributed by atoms with E-state index < -0.39 is 4.92 Å². The molecule has 1 heterocycles. The lowest BCUT2D eigenvalue weighted by Crippen LogP contribution is -2.29. The molecule has 0 unspecified atom stereocenters. The quantitative estimate of drug-likeness (QED) is 0.485.